The van der Waals surface area contributed by atoms with E-state index in [9.17, 15) is 0 Å². The summed E-state index contributed by atoms with van der Waals surface area (Å²) in [6, 6.07) is 7.95. The zero-order chi connectivity index (χ0) is 13.8. The fraction of sp³-hybridized carbons (Fsp3) is 0.467. The molecule has 1 aliphatic rings. The lowest BCUT2D eigenvalue weighted by molar-refractivity contribution is 0.318. The Hall–Kier alpha value is -1.88. The normalized spacial score (nSPS) is 16.2. The molecular weight excluding hydrogens is 254 g/mol. The second kappa shape index (κ2) is 6.05. The van der Waals surface area contributed by atoms with Crippen LogP contribution < -0.4 is 10.1 Å². The number of rotatable bonds is 4. The van der Waals surface area contributed by atoms with Crippen molar-refractivity contribution in [3.8, 4) is 5.75 Å². The number of aromatic nitrogens is 2. The molecule has 1 aromatic carbocycles. The first-order valence-electron chi connectivity index (χ1n) is 7.01. The van der Waals surface area contributed by atoms with Crippen molar-refractivity contribution in [1.82, 2.24) is 15.5 Å². The maximum absolute atomic E-state index is 5.41. The molecule has 2 aromatic rings. The highest BCUT2D eigenvalue weighted by atomic mass is 16.5. The lowest BCUT2D eigenvalue weighted by Gasteiger charge is -2.18. The summed E-state index contributed by atoms with van der Waals surface area (Å²) in [5.74, 6) is 2.81. The fourth-order valence-corrected chi connectivity index (χ4v) is 2.50. The highest BCUT2D eigenvalue weighted by molar-refractivity contribution is 5.28. The molecule has 1 aliphatic heterocycles. The van der Waals surface area contributed by atoms with E-state index in [4.69, 9.17) is 9.26 Å². The van der Waals surface area contributed by atoms with Crippen molar-refractivity contribution >= 4 is 0 Å². The summed E-state index contributed by atoms with van der Waals surface area (Å²) < 4.78 is 10.6. The third kappa shape index (κ3) is 2.99. The van der Waals surface area contributed by atoms with E-state index < -0.39 is 0 Å². The molecule has 0 bridgehead atoms. The van der Waals surface area contributed by atoms with E-state index in [1.807, 2.05) is 24.3 Å². The molecule has 5 heteroatoms. The van der Waals surface area contributed by atoms with E-state index in [2.05, 4.69) is 15.5 Å². The number of hydrogen-bond acceptors (Lipinski definition) is 5. The minimum absolute atomic E-state index is 0.411. The van der Waals surface area contributed by atoms with Crippen molar-refractivity contribution in [3.05, 3.63) is 41.5 Å². The number of methoxy groups -OCH3 is 1. The third-order valence-electron chi connectivity index (χ3n) is 3.69. The lowest BCUT2D eigenvalue weighted by Crippen LogP contribution is -2.26. The SMILES string of the molecule is COc1ccc(Cc2noc(C3CCNCC3)n2)cc1. The Morgan fingerprint density at radius 1 is 1.25 bits per heavy atom. The molecule has 0 unspecified atom stereocenters. The second-order valence-electron chi connectivity index (χ2n) is 5.10. The maximum Gasteiger partial charge on any atom is 0.229 e. The average Bonchev–Trinajstić information content (AvgIpc) is 2.97. The van der Waals surface area contributed by atoms with Crippen LogP contribution in [0.1, 0.15) is 36.0 Å². The van der Waals surface area contributed by atoms with E-state index in [1.165, 1.54) is 0 Å². The number of nitrogens with one attached hydrogen (secondary N) is 1. The molecule has 20 heavy (non-hydrogen) atoms. The number of nitrogens with zero attached hydrogens (tertiary/aromatic N) is 2. The van der Waals surface area contributed by atoms with Crippen LogP contribution in [-0.4, -0.2) is 30.3 Å². The summed E-state index contributed by atoms with van der Waals surface area (Å²) in [5.41, 5.74) is 1.16. The molecule has 3 rings (SSSR count). The van der Waals surface area contributed by atoms with Gasteiger partial charge in [-0.05, 0) is 43.6 Å². The minimum atomic E-state index is 0.411. The molecule has 0 saturated carbocycles. The zero-order valence-electron chi connectivity index (χ0n) is 11.6. The molecule has 1 aromatic heterocycles. The van der Waals surface area contributed by atoms with Gasteiger partial charge in [-0.3, -0.25) is 0 Å². The third-order valence-corrected chi connectivity index (χ3v) is 3.69. The first kappa shape index (κ1) is 13.1. The smallest absolute Gasteiger partial charge is 0.229 e. The fourth-order valence-electron chi connectivity index (χ4n) is 2.50. The average molecular weight is 273 g/mol. The summed E-state index contributed by atoms with van der Waals surface area (Å²) in [5, 5.41) is 7.43. The molecule has 0 radical (unpaired) electrons. The van der Waals surface area contributed by atoms with Crippen molar-refractivity contribution in [1.29, 1.82) is 0 Å². The van der Waals surface area contributed by atoms with Gasteiger partial charge in [0.2, 0.25) is 5.89 Å². The van der Waals surface area contributed by atoms with Crippen molar-refractivity contribution < 1.29 is 9.26 Å². The molecule has 0 spiro atoms. The quantitative estimate of drug-likeness (QED) is 0.924. The lowest BCUT2D eigenvalue weighted by atomic mass is 9.98. The monoisotopic (exact) mass is 273 g/mol. The summed E-state index contributed by atoms with van der Waals surface area (Å²) in [6.07, 6.45) is 2.84. The van der Waals surface area contributed by atoms with Gasteiger partial charge in [0.1, 0.15) is 5.75 Å². The van der Waals surface area contributed by atoms with Crippen molar-refractivity contribution in [2.45, 2.75) is 25.2 Å². The summed E-state index contributed by atoms with van der Waals surface area (Å²) in [6.45, 7) is 2.06. The van der Waals surface area contributed by atoms with E-state index in [0.717, 1.165) is 49.0 Å². The van der Waals surface area contributed by atoms with Crippen LogP contribution in [-0.2, 0) is 6.42 Å². The number of ether oxygens (including phenoxy) is 1. The Balaban J connectivity index is 1.66. The Labute approximate surface area is 118 Å². The van der Waals surface area contributed by atoms with Crippen LogP contribution in [0.5, 0.6) is 5.75 Å². The van der Waals surface area contributed by atoms with Crippen molar-refractivity contribution in [2.75, 3.05) is 20.2 Å². The van der Waals surface area contributed by atoms with Crippen LogP contribution in [0, 0.1) is 0 Å². The van der Waals surface area contributed by atoms with E-state index in [1.54, 1.807) is 7.11 Å². The molecule has 5 nitrogen and oxygen atoms in total. The summed E-state index contributed by atoms with van der Waals surface area (Å²) >= 11 is 0. The van der Waals surface area contributed by atoms with Gasteiger partial charge in [0.25, 0.3) is 0 Å². The second-order valence-corrected chi connectivity index (χ2v) is 5.10. The van der Waals surface area contributed by atoms with Crippen molar-refractivity contribution in [2.24, 2.45) is 0 Å². The minimum Gasteiger partial charge on any atom is -0.497 e. The zero-order valence-corrected chi connectivity index (χ0v) is 11.6. The maximum atomic E-state index is 5.41. The molecular formula is C15H19N3O2. The van der Waals surface area contributed by atoms with Gasteiger partial charge in [0.15, 0.2) is 5.82 Å². The van der Waals surface area contributed by atoms with Gasteiger partial charge < -0.3 is 14.6 Å². The molecule has 106 valence electrons. The van der Waals surface area contributed by atoms with Gasteiger partial charge in [0, 0.05) is 12.3 Å². The Morgan fingerprint density at radius 3 is 2.70 bits per heavy atom. The van der Waals surface area contributed by atoms with Gasteiger partial charge in [-0.1, -0.05) is 17.3 Å². The van der Waals surface area contributed by atoms with E-state index in [0.29, 0.717) is 12.3 Å². The van der Waals surface area contributed by atoms with Crippen LogP contribution in [0.3, 0.4) is 0 Å². The van der Waals surface area contributed by atoms with Crippen LogP contribution in [0.15, 0.2) is 28.8 Å². The Bertz CT molecular complexity index is 545. The van der Waals surface area contributed by atoms with Gasteiger partial charge in [-0.2, -0.15) is 4.98 Å². The molecule has 0 aliphatic carbocycles. The van der Waals surface area contributed by atoms with Gasteiger partial charge in [0.05, 0.1) is 7.11 Å². The van der Waals surface area contributed by atoms with Crippen LogP contribution in [0.4, 0.5) is 0 Å². The molecule has 0 amide bonds. The summed E-state index contributed by atoms with van der Waals surface area (Å²) in [7, 11) is 1.67. The molecule has 1 N–H and O–H groups in total. The number of benzene rings is 1. The highest BCUT2D eigenvalue weighted by Gasteiger charge is 2.21. The molecule has 1 fully saturated rings. The molecule has 0 atom stereocenters. The Morgan fingerprint density at radius 2 is 2.00 bits per heavy atom. The van der Waals surface area contributed by atoms with E-state index in [-0.39, 0.29) is 0 Å². The van der Waals surface area contributed by atoms with Crippen LogP contribution in [0.25, 0.3) is 0 Å². The molecule has 1 saturated heterocycles. The number of piperidine rings is 1. The van der Waals surface area contributed by atoms with Crippen LogP contribution in [0.2, 0.25) is 0 Å². The van der Waals surface area contributed by atoms with E-state index >= 15 is 0 Å². The largest absolute Gasteiger partial charge is 0.497 e. The first-order chi connectivity index (χ1) is 9.85. The first-order valence-corrected chi connectivity index (χ1v) is 7.01. The summed E-state index contributed by atoms with van der Waals surface area (Å²) in [4.78, 5) is 4.53. The van der Waals surface area contributed by atoms with Crippen molar-refractivity contribution in [3.63, 3.8) is 0 Å². The van der Waals surface area contributed by atoms with Gasteiger partial charge in [-0.15, -0.1) is 0 Å². The number of hydrogen-bond donors (Lipinski definition) is 1. The topological polar surface area (TPSA) is 60.2 Å². The van der Waals surface area contributed by atoms with Crippen LogP contribution >= 0.6 is 0 Å². The predicted molar refractivity (Wildman–Crippen MR) is 74.9 cm³/mol. The highest BCUT2D eigenvalue weighted by Crippen LogP contribution is 2.24. The van der Waals surface area contributed by atoms with Gasteiger partial charge in [-0.25, -0.2) is 0 Å². The Kier molecular flexibility index (Phi) is 3.97. The van der Waals surface area contributed by atoms with Gasteiger partial charge >= 0.3 is 0 Å². The standard InChI is InChI=1S/C15H19N3O2/c1-19-13-4-2-11(3-5-13)10-14-17-15(20-18-14)12-6-8-16-9-7-12/h2-5,12,16H,6-10H2,1H3. The predicted octanol–water partition coefficient (Wildman–Crippen LogP) is 2.14. The molecule has 2 heterocycles.